The molecule has 2 heterocycles. The summed E-state index contributed by atoms with van der Waals surface area (Å²) < 4.78 is 25.4. The topological polar surface area (TPSA) is 70.5 Å². The number of anilines is 1. The van der Waals surface area contributed by atoms with Crippen molar-refractivity contribution in [3.8, 4) is 0 Å². The lowest BCUT2D eigenvalue weighted by atomic mass is 10.1. The van der Waals surface area contributed by atoms with Crippen LogP contribution in [0.1, 0.15) is 12.8 Å². The normalized spacial score (nSPS) is 17.4. The first-order valence-corrected chi connectivity index (χ1v) is 7.07. The predicted molar refractivity (Wildman–Crippen MR) is 76.9 cm³/mol. The van der Waals surface area contributed by atoms with Crippen molar-refractivity contribution in [3.05, 3.63) is 12.4 Å². The van der Waals surface area contributed by atoms with Gasteiger partial charge < -0.3 is 4.90 Å². The molecule has 1 aliphatic rings. The van der Waals surface area contributed by atoms with E-state index in [0.29, 0.717) is 5.69 Å². The van der Waals surface area contributed by atoms with E-state index >= 15 is 0 Å². The highest BCUT2D eigenvalue weighted by Crippen LogP contribution is 2.14. The van der Waals surface area contributed by atoms with E-state index in [2.05, 4.69) is 22.5 Å². The van der Waals surface area contributed by atoms with Crippen LogP contribution in [0.5, 0.6) is 0 Å². The molecule has 1 aliphatic heterocycles. The molecule has 0 spiro atoms. The summed E-state index contributed by atoms with van der Waals surface area (Å²) >= 11 is 0. The highest BCUT2D eigenvalue weighted by Gasteiger charge is 2.20. The fourth-order valence-electron chi connectivity index (χ4n) is 2.04. The first-order valence-electron chi connectivity index (χ1n) is 5.94. The minimum Gasteiger partial charge on any atom is -0.306 e. The Labute approximate surface area is 121 Å². The van der Waals surface area contributed by atoms with Gasteiger partial charge in [-0.25, -0.2) is 18.3 Å². The number of nitrogens with one attached hydrogen (secondary N) is 1. The van der Waals surface area contributed by atoms with E-state index in [-0.39, 0.29) is 18.4 Å². The molecule has 2 rings (SSSR count). The standard InChI is InChI=1S/C10H19N5O2S.ClH/c1-13-5-3-9(4-6-13)12-15(18(16)17)10-7-11-14(2)8-10;/h7-9,12,18H,3-6H2,1-2H3;1H. The zero-order valence-electron chi connectivity index (χ0n) is 11.0. The maximum absolute atomic E-state index is 11.3. The van der Waals surface area contributed by atoms with Crippen molar-refractivity contribution < 1.29 is 8.42 Å². The molecule has 0 radical (unpaired) electrons. The average Bonchev–Trinajstić information content (AvgIpc) is 2.74. The number of nitrogens with zero attached hydrogens (tertiary/aromatic N) is 4. The van der Waals surface area contributed by atoms with Crippen LogP contribution in [0.25, 0.3) is 0 Å². The van der Waals surface area contributed by atoms with E-state index in [1.807, 2.05) is 0 Å². The van der Waals surface area contributed by atoms with Gasteiger partial charge in [-0.2, -0.15) is 5.10 Å². The maximum Gasteiger partial charge on any atom is 0.238 e. The first kappa shape index (κ1) is 16.2. The Bertz CT molecular complexity index is 462. The summed E-state index contributed by atoms with van der Waals surface area (Å²) in [6.45, 7) is 1.96. The van der Waals surface area contributed by atoms with Gasteiger partial charge in [0.15, 0.2) is 0 Å². The summed E-state index contributed by atoms with van der Waals surface area (Å²) in [7, 11) is 1.12. The minimum absolute atomic E-state index is 0. The third-order valence-corrected chi connectivity index (χ3v) is 3.80. The maximum atomic E-state index is 11.3. The summed E-state index contributed by atoms with van der Waals surface area (Å²) in [4.78, 5) is 2.24. The SMILES string of the molecule is CN1CCC(NN(c2cnn(C)c2)[SH](=O)=O)CC1.Cl. The molecule has 0 unspecified atom stereocenters. The van der Waals surface area contributed by atoms with Crippen molar-refractivity contribution in [2.75, 3.05) is 24.6 Å². The van der Waals surface area contributed by atoms with E-state index in [4.69, 9.17) is 0 Å². The van der Waals surface area contributed by atoms with Crippen LogP contribution in [0.4, 0.5) is 5.69 Å². The third kappa shape index (κ3) is 4.34. The molecule has 19 heavy (non-hydrogen) atoms. The van der Waals surface area contributed by atoms with Crippen LogP contribution >= 0.6 is 12.4 Å². The molecule has 1 N–H and O–H groups in total. The number of hydrazine groups is 1. The number of hydrogen-bond acceptors (Lipinski definition) is 5. The second kappa shape index (κ2) is 7.09. The molecular weight excluding hydrogens is 290 g/mol. The van der Waals surface area contributed by atoms with E-state index in [0.717, 1.165) is 25.9 Å². The summed E-state index contributed by atoms with van der Waals surface area (Å²) in [6, 6.07) is 0.189. The van der Waals surface area contributed by atoms with Gasteiger partial charge in [0.05, 0.1) is 12.4 Å². The molecule has 0 saturated carbocycles. The number of thiol groups is 1. The highest BCUT2D eigenvalue weighted by atomic mass is 35.5. The molecule has 0 aromatic carbocycles. The fraction of sp³-hybridized carbons (Fsp3) is 0.700. The number of likely N-dealkylation sites (tertiary alicyclic amines) is 1. The zero-order chi connectivity index (χ0) is 13.1. The van der Waals surface area contributed by atoms with Crippen molar-refractivity contribution in [2.24, 2.45) is 7.05 Å². The van der Waals surface area contributed by atoms with Crippen LogP contribution in [0.2, 0.25) is 0 Å². The number of piperidine rings is 1. The van der Waals surface area contributed by atoms with Crippen LogP contribution in [0.15, 0.2) is 12.4 Å². The van der Waals surface area contributed by atoms with E-state index < -0.39 is 10.9 Å². The molecule has 0 aliphatic carbocycles. The number of hydrogen-bond donors (Lipinski definition) is 2. The van der Waals surface area contributed by atoms with Crippen LogP contribution in [-0.2, 0) is 17.9 Å². The highest BCUT2D eigenvalue weighted by molar-refractivity contribution is 7.73. The molecular formula is C10H20ClN5O2S. The Kier molecular flexibility index (Phi) is 6.05. The number of aromatic nitrogens is 2. The molecule has 0 atom stereocenters. The minimum atomic E-state index is -2.71. The summed E-state index contributed by atoms with van der Waals surface area (Å²) in [5.41, 5.74) is 3.61. The summed E-state index contributed by atoms with van der Waals surface area (Å²) in [5, 5.41) is 3.98. The second-order valence-corrected chi connectivity index (χ2v) is 5.50. The van der Waals surface area contributed by atoms with Crippen LogP contribution in [0.3, 0.4) is 0 Å². The van der Waals surface area contributed by atoms with Gasteiger partial charge >= 0.3 is 0 Å². The monoisotopic (exact) mass is 309 g/mol. The largest absolute Gasteiger partial charge is 0.306 e. The first-order chi connectivity index (χ1) is 8.56. The smallest absolute Gasteiger partial charge is 0.238 e. The molecule has 0 amide bonds. The predicted octanol–water partition coefficient (Wildman–Crippen LogP) is -0.227. The van der Waals surface area contributed by atoms with Crippen LogP contribution in [0, 0.1) is 0 Å². The summed E-state index contributed by atoms with van der Waals surface area (Å²) in [6.07, 6.45) is 5.09. The van der Waals surface area contributed by atoms with E-state index in [1.165, 1.54) is 10.6 Å². The quantitative estimate of drug-likeness (QED) is 0.594. The van der Waals surface area contributed by atoms with Crippen molar-refractivity contribution >= 4 is 29.0 Å². The molecule has 1 saturated heterocycles. The third-order valence-electron chi connectivity index (χ3n) is 3.12. The van der Waals surface area contributed by atoms with Crippen molar-refractivity contribution in [3.63, 3.8) is 0 Å². The van der Waals surface area contributed by atoms with Gasteiger partial charge in [0, 0.05) is 13.1 Å². The Morgan fingerprint density at radius 2 is 2.00 bits per heavy atom. The number of halogens is 1. The van der Waals surface area contributed by atoms with Gasteiger partial charge in [-0.15, -0.1) is 12.4 Å². The van der Waals surface area contributed by atoms with Gasteiger partial charge in [-0.3, -0.25) is 4.68 Å². The lowest BCUT2D eigenvalue weighted by Crippen LogP contribution is -2.48. The molecule has 1 fully saturated rings. The van der Waals surface area contributed by atoms with Crippen LogP contribution in [-0.4, -0.2) is 49.3 Å². The lowest BCUT2D eigenvalue weighted by molar-refractivity contribution is 0.237. The van der Waals surface area contributed by atoms with Crippen molar-refractivity contribution in [1.29, 1.82) is 0 Å². The van der Waals surface area contributed by atoms with E-state index in [1.54, 1.807) is 17.9 Å². The van der Waals surface area contributed by atoms with Crippen LogP contribution < -0.4 is 9.84 Å². The Morgan fingerprint density at radius 3 is 2.47 bits per heavy atom. The van der Waals surface area contributed by atoms with Crippen molar-refractivity contribution in [1.82, 2.24) is 20.1 Å². The van der Waals surface area contributed by atoms with Gasteiger partial charge in [0.2, 0.25) is 10.9 Å². The van der Waals surface area contributed by atoms with Gasteiger partial charge in [-0.1, -0.05) is 0 Å². The molecule has 110 valence electrons. The molecule has 9 heteroatoms. The van der Waals surface area contributed by atoms with E-state index in [9.17, 15) is 8.42 Å². The van der Waals surface area contributed by atoms with Crippen molar-refractivity contribution in [2.45, 2.75) is 18.9 Å². The Morgan fingerprint density at radius 1 is 1.37 bits per heavy atom. The number of aryl methyl sites for hydroxylation is 1. The zero-order valence-corrected chi connectivity index (χ0v) is 12.7. The Hall–Kier alpha value is -0.830. The molecule has 7 nitrogen and oxygen atoms in total. The average molecular weight is 310 g/mol. The van der Waals surface area contributed by atoms with Gasteiger partial charge in [0.1, 0.15) is 5.69 Å². The molecule has 1 aromatic heterocycles. The van der Waals surface area contributed by atoms with Gasteiger partial charge in [-0.05, 0) is 33.0 Å². The molecule has 0 bridgehead atoms. The fourth-order valence-corrected chi connectivity index (χ4v) is 2.59. The number of rotatable bonds is 4. The summed E-state index contributed by atoms with van der Waals surface area (Å²) in [5.74, 6) is 0. The second-order valence-electron chi connectivity index (χ2n) is 4.63. The lowest BCUT2D eigenvalue weighted by Gasteiger charge is -2.32. The van der Waals surface area contributed by atoms with Gasteiger partial charge in [0.25, 0.3) is 0 Å². The Balaban J connectivity index is 0.00000180. The molecule has 1 aromatic rings.